The summed E-state index contributed by atoms with van der Waals surface area (Å²) in [6.45, 7) is 11.3. The average Bonchev–Trinajstić information content (AvgIpc) is 3.19. The van der Waals surface area contributed by atoms with Gasteiger partial charge in [-0.15, -0.1) is 0 Å². The van der Waals surface area contributed by atoms with Crippen LogP contribution in [-0.2, 0) is 28.6 Å². The van der Waals surface area contributed by atoms with Crippen molar-refractivity contribution in [3.8, 4) is 0 Å². The lowest BCUT2D eigenvalue weighted by Gasteiger charge is -2.18. The summed E-state index contributed by atoms with van der Waals surface area (Å²) in [4.78, 5) is 37.9. The summed E-state index contributed by atoms with van der Waals surface area (Å²) in [5, 5.41) is 0. The van der Waals surface area contributed by atoms with Gasteiger partial charge in [0.1, 0.15) is 13.2 Å². The molecular weight excluding hydrogens is 721 g/mol. The Morgan fingerprint density at radius 3 is 0.845 bits per heavy atom. The third kappa shape index (κ3) is 45.5. The van der Waals surface area contributed by atoms with Crippen molar-refractivity contribution in [1.29, 1.82) is 0 Å². The number of hydrogen-bond acceptors (Lipinski definition) is 6. The van der Waals surface area contributed by atoms with Gasteiger partial charge in [-0.1, -0.05) is 247 Å². The Morgan fingerprint density at radius 2 is 0.569 bits per heavy atom. The zero-order valence-electron chi connectivity index (χ0n) is 39.7. The molecule has 0 saturated heterocycles. The maximum Gasteiger partial charge on any atom is 0.306 e. The van der Waals surface area contributed by atoms with Gasteiger partial charge in [0.25, 0.3) is 0 Å². The third-order valence-electron chi connectivity index (χ3n) is 11.7. The standard InChI is InChI=1S/C52H100O6/c1-6-7-8-9-10-11-12-13-14-15-16-22-27-32-37-42-50(53)56-45-49(58-52(55)44-39-34-29-24-19-21-26-31-36-41-48(4)5)46-57-51(54)43-38-33-28-23-18-17-20-25-30-35-40-47(2)3/h47-49H,6-46H2,1-5H3/t49-/m0/s1. The second kappa shape index (κ2) is 44.9. The van der Waals surface area contributed by atoms with Crippen molar-refractivity contribution >= 4 is 17.9 Å². The summed E-state index contributed by atoms with van der Waals surface area (Å²) in [6.07, 6.45) is 45.2. The van der Waals surface area contributed by atoms with E-state index in [2.05, 4.69) is 34.6 Å². The first-order valence-electron chi connectivity index (χ1n) is 25.7. The van der Waals surface area contributed by atoms with Crippen molar-refractivity contribution in [3.05, 3.63) is 0 Å². The van der Waals surface area contributed by atoms with Crippen molar-refractivity contribution in [3.63, 3.8) is 0 Å². The molecule has 0 N–H and O–H groups in total. The van der Waals surface area contributed by atoms with Gasteiger partial charge in [0.15, 0.2) is 6.10 Å². The summed E-state index contributed by atoms with van der Waals surface area (Å²) in [6, 6.07) is 0. The molecule has 0 rings (SSSR count). The molecule has 58 heavy (non-hydrogen) atoms. The van der Waals surface area contributed by atoms with Crippen LogP contribution >= 0.6 is 0 Å². The maximum atomic E-state index is 12.8. The SMILES string of the molecule is CCCCCCCCCCCCCCCCCC(=O)OC[C@@H](COC(=O)CCCCCCCCCCCCC(C)C)OC(=O)CCCCCCCCCCCC(C)C. The summed E-state index contributed by atoms with van der Waals surface area (Å²) in [5.41, 5.74) is 0. The molecule has 0 aromatic rings. The molecule has 0 unspecified atom stereocenters. The molecule has 0 saturated carbocycles. The molecule has 6 heteroatoms. The van der Waals surface area contributed by atoms with Gasteiger partial charge in [-0.25, -0.2) is 0 Å². The van der Waals surface area contributed by atoms with Gasteiger partial charge in [-0.2, -0.15) is 0 Å². The Morgan fingerprint density at radius 1 is 0.328 bits per heavy atom. The molecule has 0 bridgehead atoms. The van der Waals surface area contributed by atoms with E-state index in [1.54, 1.807) is 0 Å². The molecule has 0 heterocycles. The van der Waals surface area contributed by atoms with Crippen LogP contribution in [0.5, 0.6) is 0 Å². The molecule has 6 nitrogen and oxygen atoms in total. The highest BCUT2D eigenvalue weighted by Crippen LogP contribution is 2.17. The van der Waals surface area contributed by atoms with Crippen molar-refractivity contribution in [2.45, 2.75) is 291 Å². The molecule has 0 aliphatic heterocycles. The fourth-order valence-corrected chi connectivity index (χ4v) is 7.81. The second-order valence-electron chi connectivity index (χ2n) is 18.8. The lowest BCUT2D eigenvalue weighted by Crippen LogP contribution is -2.30. The predicted molar refractivity (Wildman–Crippen MR) is 247 cm³/mol. The Bertz CT molecular complexity index is 885. The van der Waals surface area contributed by atoms with Crippen LogP contribution in [0.4, 0.5) is 0 Å². The van der Waals surface area contributed by atoms with Crippen LogP contribution in [0.1, 0.15) is 285 Å². The Balaban J connectivity index is 4.31. The van der Waals surface area contributed by atoms with Gasteiger partial charge < -0.3 is 14.2 Å². The van der Waals surface area contributed by atoms with E-state index in [4.69, 9.17) is 14.2 Å². The molecule has 0 aromatic heterocycles. The van der Waals surface area contributed by atoms with E-state index in [1.165, 1.54) is 173 Å². The Labute approximate surface area is 361 Å². The van der Waals surface area contributed by atoms with Crippen LogP contribution in [0.3, 0.4) is 0 Å². The Kier molecular flexibility index (Phi) is 43.7. The topological polar surface area (TPSA) is 78.9 Å². The minimum absolute atomic E-state index is 0.0640. The number of carbonyl (C=O) groups is 3. The molecule has 344 valence electrons. The van der Waals surface area contributed by atoms with Gasteiger partial charge in [-0.05, 0) is 31.1 Å². The first-order valence-corrected chi connectivity index (χ1v) is 25.7. The van der Waals surface area contributed by atoms with Crippen molar-refractivity contribution < 1.29 is 28.6 Å². The molecular formula is C52H100O6. The van der Waals surface area contributed by atoms with Crippen molar-refractivity contribution in [2.24, 2.45) is 11.8 Å². The monoisotopic (exact) mass is 821 g/mol. The first-order chi connectivity index (χ1) is 28.2. The third-order valence-corrected chi connectivity index (χ3v) is 11.7. The summed E-state index contributed by atoms with van der Waals surface area (Å²) in [7, 11) is 0. The van der Waals surface area contributed by atoms with E-state index in [1.807, 2.05) is 0 Å². The van der Waals surface area contributed by atoms with E-state index in [-0.39, 0.29) is 31.1 Å². The summed E-state index contributed by atoms with van der Waals surface area (Å²) < 4.78 is 16.8. The Hall–Kier alpha value is -1.59. The van der Waals surface area contributed by atoms with Crippen LogP contribution in [-0.4, -0.2) is 37.2 Å². The largest absolute Gasteiger partial charge is 0.462 e. The molecule has 0 radical (unpaired) electrons. The van der Waals surface area contributed by atoms with Gasteiger partial charge >= 0.3 is 17.9 Å². The average molecular weight is 821 g/mol. The van der Waals surface area contributed by atoms with Crippen LogP contribution in [0.15, 0.2) is 0 Å². The number of rotatable bonds is 46. The molecule has 0 amide bonds. The van der Waals surface area contributed by atoms with Gasteiger partial charge in [0.2, 0.25) is 0 Å². The van der Waals surface area contributed by atoms with E-state index in [9.17, 15) is 14.4 Å². The minimum Gasteiger partial charge on any atom is -0.462 e. The second-order valence-corrected chi connectivity index (χ2v) is 18.8. The zero-order chi connectivity index (χ0) is 42.6. The van der Waals surface area contributed by atoms with Gasteiger partial charge in [-0.3, -0.25) is 14.4 Å². The minimum atomic E-state index is -0.762. The van der Waals surface area contributed by atoms with E-state index in [0.717, 1.165) is 69.6 Å². The summed E-state index contributed by atoms with van der Waals surface area (Å²) >= 11 is 0. The van der Waals surface area contributed by atoms with E-state index < -0.39 is 6.10 Å². The fourth-order valence-electron chi connectivity index (χ4n) is 7.81. The molecule has 0 aliphatic rings. The van der Waals surface area contributed by atoms with Crippen molar-refractivity contribution in [2.75, 3.05) is 13.2 Å². The highest BCUT2D eigenvalue weighted by atomic mass is 16.6. The van der Waals surface area contributed by atoms with E-state index >= 15 is 0 Å². The lowest BCUT2D eigenvalue weighted by atomic mass is 10.0. The highest BCUT2D eigenvalue weighted by molar-refractivity contribution is 5.71. The number of esters is 3. The molecule has 0 aliphatic carbocycles. The van der Waals surface area contributed by atoms with Crippen molar-refractivity contribution in [1.82, 2.24) is 0 Å². The van der Waals surface area contributed by atoms with E-state index in [0.29, 0.717) is 19.3 Å². The smallest absolute Gasteiger partial charge is 0.306 e. The molecule has 1 atom stereocenters. The maximum absolute atomic E-state index is 12.8. The quantitative estimate of drug-likeness (QED) is 0.0346. The normalized spacial score (nSPS) is 12.1. The van der Waals surface area contributed by atoms with Crippen LogP contribution in [0.25, 0.3) is 0 Å². The fraction of sp³-hybridized carbons (Fsp3) is 0.942. The van der Waals surface area contributed by atoms with Crippen LogP contribution in [0.2, 0.25) is 0 Å². The number of ether oxygens (including phenoxy) is 3. The highest BCUT2D eigenvalue weighted by Gasteiger charge is 2.19. The van der Waals surface area contributed by atoms with Gasteiger partial charge in [0.05, 0.1) is 0 Å². The van der Waals surface area contributed by atoms with Crippen LogP contribution < -0.4 is 0 Å². The number of carbonyl (C=O) groups excluding carboxylic acids is 3. The molecule has 0 spiro atoms. The molecule has 0 aromatic carbocycles. The first kappa shape index (κ1) is 56.4. The number of hydrogen-bond donors (Lipinski definition) is 0. The lowest BCUT2D eigenvalue weighted by molar-refractivity contribution is -0.167. The molecule has 0 fully saturated rings. The zero-order valence-corrected chi connectivity index (χ0v) is 39.7. The number of unbranched alkanes of at least 4 members (excludes halogenated alkanes) is 31. The van der Waals surface area contributed by atoms with Crippen LogP contribution in [0, 0.1) is 11.8 Å². The predicted octanol–water partition coefficient (Wildman–Crippen LogP) is 16.5. The van der Waals surface area contributed by atoms with Gasteiger partial charge in [0, 0.05) is 19.3 Å². The summed E-state index contributed by atoms with van der Waals surface area (Å²) in [5.74, 6) is 0.774.